The maximum atomic E-state index is 11.7. The fourth-order valence-electron chi connectivity index (χ4n) is 2.64. The normalized spacial score (nSPS) is 18.1. The van der Waals surface area contributed by atoms with Crippen molar-refractivity contribution in [3.8, 4) is 5.75 Å². The fraction of sp³-hybridized carbons (Fsp3) is 0.467. The molecule has 112 valence electrons. The summed E-state index contributed by atoms with van der Waals surface area (Å²) in [6, 6.07) is 1.65. The summed E-state index contributed by atoms with van der Waals surface area (Å²) >= 11 is 0. The number of rotatable bonds is 4. The van der Waals surface area contributed by atoms with Crippen LogP contribution in [0.25, 0.3) is 5.65 Å². The van der Waals surface area contributed by atoms with E-state index < -0.39 is 5.97 Å². The van der Waals surface area contributed by atoms with Crippen LogP contribution in [0.2, 0.25) is 0 Å². The minimum atomic E-state index is -0.394. The van der Waals surface area contributed by atoms with E-state index in [-0.39, 0.29) is 0 Å². The second-order valence-electron chi connectivity index (χ2n) is 5.19. The summed E-state index contributed by atoms with van der Waals surface area (Å²) in [6.07, 6.45) is 5.59. The van der Waals surface area contributed by atoms with Gasteiger partial charge in [0.2, 0.25) is 0 Å². The molecule has 1 fully saturated rings. The van der Waals surface area contributed by atoms with E-state index in [2.05, 4.69) is 4.98 Å². The van der Waals surface area contributed by atoms with Crippen molar-refractivity contribution in [1.29, 1.82) is 0 Å². The summed E-state index contributed by atoms with van der Waals surface area (Å²) in [4.78, 5) is 16.3. The Hall–Kier alpha value is -2.08. The molecule has 0 bridgehead atoms. The molecule has 6 nitrogen and oxygen atoms in total. The predicted molar refractivity (Wildman–Crippen MR) is 75.7 cm³/mol. The van der Waals surface area contributed by atoms with E-state index in [1.807, 2.05) is 10.6 Å². The van der Waals surface area contributed by atoms with Crippen molar-refractivity contribution in [1.82, 2.24) is 9.38 Å². The summed E-state index contributed by atoms with van der Waals surface area (Å²) in [5.74, 6) is 0.683. The Morgan fingerprint density at radius 2 is 2.33 bits per heavy atom. The molecular weight excluding hydrogens is 272 g/mol. The molecule has 0 aromatic carbocycles. The molecule has 1 aliphatic heterocycles. The summed E-state index contributed by atoms with van der Waals surface area (Å²) < 4.78 is 17.3. The van der Waals surface area contributed by atoms with Crippen molar-refractivity contribution >= 4 is 11.6 Å². The Balaban J connectivity index is 1.96. The molecule has 0 radical (unpaired) electrons. The number of esters is 1. The predicted octanol–water partition coefficient (Wildman–Crippen LogP) is 1.71. The molecule has 21 heavy (non-hydrogen) atoms. The Kier molecular flexibility index (Phi) is 3.79. The molecule has 1 aliphatic rings. The topological polar surface area (TPSA) is 62.1 Å². The Morgan fingerprint density at radius 1 is 1.48 bits per heavy atom. The third-order valence-corrected chi connectivity index (χ3v) is 3.73. The SMILES string of the molecule is COC(=O)c1cc(OC)c2nc(CC3CCOC3)cn2c1. The number of nitrogens with zero attached hydrogens (tertiary/aromatic N) is 2. The van der Waals surface area contributed by atoms with Crippen LogP contribution in [0.5, 0.6) is 5.75 Å². The van der Waals surface area contributed by atoms with Crippen LogP contribution in [0.15, 0.2) is 18.5 Å². The van der Waals surface area contributed by atoms with E-state index in [0.29, 0.717) is 22.9 Å². The third-order valence-electron chi connectivity index (χ3n) is 3.73. The Bertz CT molecular complexity index is 659. The number of pyridine rings is 1. The molecule has 2 aromatic heterocycles. The summed E-state index contributed by atoms with van der Waals surface area (Å²) in [7, 11) is 2.92. The molecule has 3 rings (SSSR count). The van der Waals surface area contributed by atoms with Crippen LogP contribution in [0.1, 0.15) is 22.5 Å². The largest absolute Gasteiger partial charge is 0.493 e. The average Bonchev–Trinajstić information content (AvgIpc) is 3.14. The van der Waals surface area contributed by atoms with Crippen molar-refractivity contribution < 1.29 is 19.0 Å². The van der Waals surface area contributed by atoms with E-state index >= 15 is 0 Å². The van der Waals surface area contributed by atoms with E-state index in [1.165, 1.54) is 7.11 Å². The molecular formula is C15H18N2O4. The average molecular weight is 290 g/mol. The van der Waals surface area contributed by atoms with Crippen LogP contribution in [0, 0.1) is 5.92 Å². The van der Waals surface area contributed by atoms with Gasteiger partial charge in [-0.25, -0.2) is 9.78 Å². The van der Waals surface area contributed by atoms with Gasteiger partial charge in [0.05, 0.1) is 25.5 Å². The molecule has 1 atom stereocenters. The van der Waals surface area contributed by atoms with Crippen molar-refractivity contribution in [3.05, 3.63) is 29.7 Å². The molecule has 2 aromatic rings. The summed E-state index contributed by atoms with van der Waals surface area (Å²) in [5, 5.41) is 0. The number of carbonyl (C=O) groups excluding carboxylic acids is 1. The van der Waals surface area contributed by atoms with Crippen LogP contribution in [0.3, 0.4) is 0 Å². The minimum Gasteiger partial charge on any atom is -0.493 e. The van der Waals surface area contributed by atoms with Gasteiger partial charge in [0.15, 0.2) is 11.4 Å². The number of imidazole rings is 1. The highest BCUT2D eigenvalue weighted by atomic mass is 16.5. The molecule has 0 aliphatic carbocycles. The first-order valence-corrected chi connectivity index (χ1v) is 6.93. The zero-order chi connectivity index (χ0) is 14.8. The number of fused-ring (bicyclic) bond motifs is 1. The molecule has 6 heteroatoms. The van der Waals surface area contributed by atoms with E-state index in [0.717, 1.165) is 31.7 Å². The molecule has 3 heterocycles. The van der Waals surface area contributed by atoms with Gasteiger partial charge in [-0.1, -0.05) is 0 Å². The van der Waals surface area contributed by atoms with E-state index in [4.69, 9.17) is 14.2 Å². The molecule has 0 N–H and O–H groups in total. The van der Waals surface area contributed by atoms with Crippen LogP contribution >= 0.6 is 0 Å². The van der Waals surface area contributed by atoms with Gasteiger partial charge in [-0.3, -0.25) is 0 Å². The third kappa shape index (κ3) is 2.71. The minimum absolute atomic E-state index is 0.394. The lowest BCUT2D eigenvalue weighted by Crippen LogP contribution is -2.04. The number of ether oxygens (including phenoxy) is 3. The van der Waals surface area contributed by atoms with Crippen LogP contribution < -0.4 is 4.74 Å². The number of carbonyl (C=O) groups is 1. The lowest BCUT2D eigenvalue weighted by Gasteiger charge is -2.05. The number of hydrogen-bond donors (Lipinski definition) is 0. The van der Waals surface area contributed by atoms with Gasteiger partial charge in [-0.05, 0) is 24.8 Å². The van der Waals surface area contributed by atoms with Gasteiger partial charge in [-0.2, -0.15) is 0 Å². The number of methoxy groups -OCH3 is 2. The zero-order valence-corrected chi connectivity index (χ0v) is 12.2. The smallest absolute Gasteiger partial charge is 0.339 e. The van der Waals surface area contributed by atoms with E-state index in [1.54, 1.807) is 19.4 Å². The summed E-state index contributed by atoms with van der Waals surface area (Å²) in [5.41, 5.74) is 2.12. The maximum Gasteiger partial charge on any atom is 0.339 e. The van der Waals surface area contributed by atoms with Gasteiger partial charge in [0, 0.05) is 25.6 Å². The quantitative estimate of drug-likeness (QED) is 0.802. The standard InChI is InChI=1S/C15H18N2O4/c1-19-13-6-11(15(18)20-2)7-17-8-12(16-14(13)17)5-10-3-4-21-9-10/h6-8,10H,3-5,9H2,1-2H3. The molecule has 0 saturated carbocycles. The lowest BCUT2D eigenvalue weighted by atomic mass is 10.0. The van der Waals surface area contributed by atoms with Crippen LogP contribution in [0.4, 0.5) is 0 Å². The first kappa shape index (κ1) is 13.9. The molecule has 0 spiro atoms. The number of hydrogen-bond acceptors (Lipinski definition) is 5. The first-order chi connectivity index (χ1) is 10.2. The monoisotopic (exact) mass is 290 g/mol. The van der Waals surface area contributed by atoms with Crippen LogP contribution in [-0.2, 0) is 15.9 Å². The fourth-order valence-corrected chi connectivity index (χ4v) is 2.64. The second kappa shape index (κ2) is 5.73. The molecule has 0 amide bonds. The van der Waals surface area contributed by atoms with Gasteiger partial charge in [0.1, 0.15) is 0 Å². The van der Waals surface area contributed by atoms with Gasteiger partial charge >= 0.3 is 5.97 Å². The lowest BCUT2D eigenvalue weighted by molar-refractivity contribution is 0.0599. The van der Waals surface area contributed by atoms with Gasteiger partial charge in [0.25, 0.3) is 0 Å². The van der Waals surface area contributed by atoms with Gasteiger partial charge < -0.3 is 18.6 Å². The zero-order valence-electron chi connectivity index (χ0n) is 12.2. The first-order valence-electron chi connectivity index (χ1n) is 6.93. The molecule has 1 unspecified atom stereocenters. The highest BCUT2D eigenvalue weighted by Gasteiger charge is 2.19. The van der Waals surface area contributed by atoms with Crippen molar-refractivity contribution in [3.63, 3.8) is 0 Å². The Morgan fingerprint density at radius 3 is 3.00 bits per heavy atom. The molecule has 1 saturated heterocycles. The number of aromatic nitrogens is 2. The van der Waals surface area contributed by atoms with Crippen LogP contribution in [-0.4, -0.2) is 42.8 Å². The second-order valence-corrected chi connectivity index (χ2v) is 5.19. The Labute approximate surface area is 122 Å². The summed E-state index contributed by atoms with van der Waals surface area (Å²) in [6.45, 7) is 1.62. The highest BCUT2D eigenvalue weighted by molar-refractivity contribution is 5.90. The van der Waals surface area contributed by atoms with Crippen molar-refractivity contribution in [2.75, 3.05) is 27.4 Å². The maximum absolute atomic E-state index is 11.7. The highest BCUT2D eigenvalue weighted by Crippen LogP contribution is 2.24. The van der Waals surface area contributed by atoms with Crippen molar-refractivity contribution in [2.45, 2.75) is 12.8 Å². The van der Waals surface area contributed by atoms with Crippen molar-refractivity contribution in [2.24, 2.45) is 5.92 Å². The van der Waals surface area contributed by atoms with E-state index in [9.17, 15) is 4.79 Å². The van der Waals surface area contributed by atoms with Gasteiger partial charge in [-0.15, -0.1) is 0 Å².